The molecule has 0 aliphatic heterocycles. The number of hydrogen-bond donors (Lipinski definition) is 2. The van der Waals surface area contributed by atoms with E-state index in [1.54, 1.807) is 16.9 Å². The Morgan fingerprint density at radius 3 is 2.56 bits per heavy atom. The number of benzene rings is 1. The smallest absolute Gasteiger partial charge is 0.312 e. The fraction of sp³-hybridized carbons (Fsp3) is 0.263. The first-order chi connectivity index (χ1) is 12.9. The number of nitrogens with zero attached hydrogens (tertiary/aromatic N) is 3. The normalized spacial score (nSPS) is 12.3. The number of carbonyl (C=O) groups is 2. The van der Waals surface area contributed by atoms with Gasteiger partial charge in [0.25, 0.3) is 5.91 Å². The fourth-order valence-electron chi connectivity index (χ4n) is 2.78. The molecule has 140 valence electrons. The molecule has 0 bridgehead atoms. The molecule has 0 saturated carbocycles. The highest BCUT2D eigenvalue weighted by Crippen LogP contribution is 2.18. The Labute approximate surface area is 154 Å². The average Bonchev–Trinajstić information content (AvgIpc) is 3.06. The summed E-state index contributed by atoms with van der Waals surface area (Å²) in [6, 6.07) is 6.98. The molecular formula is C19H19FN4O3. The molecule has 3 rings (SSSR count). The standard InChI is InChI=1S/C19H19FN4O3/c1-11(2)24-17-13(9-23-24)7-14(8-21-17)18(25)22-10-16(19(26)27)12-3-5-15(20)6-4-12/h3-9,11,16H,10H2,1-2H3,(H,22,25)(H,26,27). The van der Waals surface area contributed by atoms with E-state index in [1.165, 1.54) is 30.5 Å². The van der Waals surface area contributed by atoms with E-state index in [4.69, 9.17) is 0 Å². The van der Waals surface area contributed by atoms with Crippen LogP contribution in [-0.2, 0) is 4.79 Å². The number of nitrogens with one attached hydrogen (secondary N) is 1. The van der Waals surface area contributed by atoms with Gasteiger partial charge in [0.2, 0.25) is 0 Å². The second-order valence-electron chi connectivity index (χ2n) is 6.47. The predicted octanol–water partition coefficient (Wildman–Crippen LogP) is 2.75. The summed E-state index contributed by atoms with van der Waals surface area (Å²) in [5.41, 5.74) is 1.40. The van der Waals surface area contributed by atoms with Crippen LogP contribution in [-0.4, -0.2) is 38.3 Å². The van der Waals surface area contributed by atoms with Gasteiger partial charge in [-0.1, -0.05) is 12.1 Å². The summed E-state index contributed by atoms with van der Waals surface area (Å²) in [4.78, 5) is 28.2. The maximum Gasteiger partial charge on any atom is 0.312 e. The van der Waals surface area contributed by atoms with Gasteiger partial charge in [-0.2, -0.15) is 5.10 Å². The molecule has 0 aliphatic rings. The molecule has 2 aromatic heterocycles. The highest BCUT2D eigenvalue weighted by Gasteiger charge is 2.21. The molecule has 0 saturated heterocycles. The van der Waals surface area contributed by atoms with Crippen molar-refractivity contribution in [2.24, 2.45) is 0 Å². The average molecular weight is 370 g/mol. The first-order valence-electron chi connectivity index (χ1n) is 8.46. The lowest BCUT2D eigenvalue weighted by Crippen LogP contribution is -2.31. The van der Waals surface area contributed by atoms with Gasteiger partial charge < -0.3 is 10.4 Å². The van der Waals surface area contributed by atoms with Gasteiger partial charge >= 0.3 is 5.97 Å². The van der Waals surface area contributed by atoms with Crippen molar-refractivity contribution in [1.82, 2.24) is 20.1 Å². The molecule has 0 spiro atoms. The molecule has 3 aromatic rings. The van der Waals surface area contributed by atoms with Gasteiger partial charge in [-0.15, -0.1) is 0 Å². The van der Waals surface area contributed by atoms with Crippen molar-refractivity contribution in [1.29, 1.82) is 0 Å². The fourth-order valence-corrected chi connectivity index (χ4v) is 2.78. The zero-order valence-electron chi connectivity index (χ0n) is 14.9. The summed E-state index contributed by atoms with van der Waals surface area (Å²) in [5.74, 6) is -2.97. The van der Waals surface area contributed by atoms with Crippen LogP contribution in [0.1, 0.15) is 41.7 Å². The Hall–Kier alpha value is -3.29. The number of aromatic nitrogens is 3. The Balaban J connectivity index is 1.75. The summed E-state index contributed by atoms with van der Waals surface area (Å²) in [6.07, 6.45) is 3.07. The van der Waals surface area contributed by atoms with Crippen LogP contribution in [0.15, 0.2) is 42.7 Å². The largest absolute Gasteiger partial charge is 0.481 e. The number of halogens is 1. The van der Waals surface area contributed by atoms with Crippen molar-refractivity contribution in [2.75, 3.05) is 6.54 Å². The summed E-state index contributed by atoms with van der Waals surface area (Å²) >= 11 is 0. The topological polar surface area (TPSA) is 97.1 Å². The molecule has 1 amide bonds. The van der Waals surface area contributed by atoms with E-state index in [0.29, 0.717) is 16.8 Å². The lowest BCUT2D eigenvalue weighted by Gasteiger charge is -2.14. The Kier molecular flexibility index (Phi) is 5.16. The minimum Gasteiger partial charge on any atom is -0.481 e. The summed E-state index contributed by atoms with van der Waals surface area (Å²) in [6.45, 7) is 3.84. The van der Waals surface area contributed by atoms with E-state index >= 15 is 0 Å². The third kappa shape index (κ3) is 3.94. The molecule has 0 aliphatic carbocycles. The van der Waals surface area contributed by atoms with Crippen LogP contribution in [0.5, 0.6) is 0 Å². The first kappa shape index (κ1) is 18.5. The third-order valence-electron chi connectivity index (χ3n) is 4.22. The van der Waals surface area contributed by atoms with Crippen LogP contribution in [0.25, 0.3) is 11.0 Å². The monoisotopic (exact) mass is 370 g/mol. The Bertz CT molecular complexity index is 982. The highest BCUT2D eigenvalue weighted by molar-refractivity contribution is 5.97. The lowest BCUT2D eigenvalue weighted by atomic mass is 9.99. The van der Waals surface area contributed by atoms with Crippen molar-refractivity contribution < 1.29 is 19.1 Å². The van der Waals surface area contributed by atoms with Gasteiger partial charge in [0.05, 0.1) is 17.7 Å². The quantitative estimate of drug-likeness (QED) is 0.695. The molecule has 27 heavy (non-hydrogen) atoms. The number of hydrogen-bond acceptors (Lipinski definition) is 4. The zero-order valence-corrected chi connectivity index (χ0v) is 14.9. The minimum absolute atomic E-state index is 0.122. The lowest BCUT2D eigenvalue weighted by molar-refractivity contribution is -0.138. The first-order valence-corrected chi connectivity index (χ1v) is 8.46. The molecule has 2 N–H and O–H groups in total. The van der Waals surface area contributed by atoms with E-state index in [0.717, 1.165) is 5.39 Å². The molecular weight excluding hydrogens is 351 g/mol. The molecule has 7 nitrogen and oxygen atoms in total. The number of rotatable bonds is 6. The van der Waals surface area contributed by atoms with Crippen LogP contribution in [0.4, 0.5) is 4.39 Å². The second kappa shape index (κ2) is 7.53. The summed E-state index contributed by atoms with van der Waals surface area (Å²) < 4.78 is 14.8. The molecule has 1 atom stereocenters. The number of aliphatic carboxylic acids is 1. The Morgan fingerprint density at radius 2 is 1.93 bits per heavy atom. The van der Waals surface area contributed by atoms with Crippen molar-refractivity contribution in [3.8, 4) is 0 Å². The highest BCUT2D eigenvalue weighted by atomic mass is 19.1. The van der Waals surface area contributed by atoms with Crippen molar-refractivity contribution in [3.63, 3.8) is 0 Å². The van der Waals surface area contributed by atoms with Crippen molar-refractivity contribution in [3.05, 3.63) is 59.7 Å². The molecule has 8 heteroatoms. The van der Waals surface area contributed by atoms with E-state index in [9.17, 15) is 19.1 Å². The van der Waals surface area contributed by atoms with Gasteiger partial charge in [-0.3, -0.25) is 9.59 Å². The van der Waals surface area contributed by atoms with Crippen LogP contribution < -0.4 is 5.32 Å². The number of carbonyl (C=O) groups excluding carboxylic acids is 1. The summed E-state index contributed by atoms with van der Waals surface area (Å²) in [7, 11) is 0. The van der Waals surface area contributed by atoms with Crippen molar-refractivity contribution in [2.45, 2.75) is 25.8 Å². The number of fused-ring (bicyclic) bond motifs is 1. The maximum atomic E-state index is 13.0. The molecule has 1 unspecified atom stereocenters. The van der Waals surface area contributed by atoms with Crippen LogP contribution in [0.3, 0.4) is 0 Å². The molecule has 1 aromatic carbocycles. The zero-order chi connectivity index (χ0) is 19.6. The number of amides is 1. The van der Waals surface area contributed by atoms with Crippen molar-refractivity contribution >= 4 is 22.9 Å². The third-order valence-corrected chi connectivity index (χ3v) is 4.22. The van der Waals surface area contributed by atoms with Gasteiger partial charge in [0.15, 0.2) is 5.65 Å². The summed E-state index contributed by atoms with van der Waals surface area (Å²) in [5, 5.41) is 17.0. The maximum absolute atomic E-state index is 13.0. The van der Waals surface area contributed by atoms with E-state index in [2.05, 4.69) is 15.4 Å². The van der Waals surface area contributed by atoms with E-state index in [1.807, 2.05) is 13.8 Å². The number of carboxylic acid groups (broad SMARTS) is 1. The van der Waals surface area contributed by atoms with E-state index < -0.39 is 23.6 Å². The molecule has 0 fully saturated rings. The van der Waals surface area contributed by atoms with Crippen LogP contribution in [0.2, 0.25) is 0 Å². The van der Waals surface area contributed by atoms with Crippen LogP contribution >= 0.6 is 0 Å². The van der Waals surface area contributed by atoms with Gasteiger partial charge in [0.1, 0.15) is 5.82 Å². The number of pyridine rings is 1. The van der Waals surface area contributed by atoms with Gasteiger partial charge in [-0.05, 0) is 37.6 Å². The van der Waals surface area contributed by atoms with E-state index in [-0.39, 0.29) is 12.6 Å². The molecule has 2 heterocycles. The molecule has 0 radical (unpaired) electrons. The minimum atomic E-state index is -1.10. The second-order valence-corrected chi connectivity index (χ2v) is 6.47. The van der Waals surface area contributed by atoms with Gasteiger partial charge in [0, 0.05) is 24.2 Å². The Morgan fingerprint density at radius 1 is 1.22 bits per heavy atom. The predicted molar refractivity (Wildman–Crippen MR) is 97.0 cm³/mol. The SMILES string of the molecule is CC(C)n1ncc2cc(C(=O)NCC(C(=O)O)c3ccc(F)cc3)cnc21. The van der Waals surface area contributed by atoms with Crippen LogP contribution in [0, 0.1) is 5.82 Å². The van der Waals surface area contributed by atoms with Gasteiger partial charge in [-0.25, -0.2) is 14.1 Å². The number of carboxylic acids is 1.